The number of hydrogen-bond donors (Lipinski definition) is 0. The highest BCUT2D eigenvalue weighted by molar-refractivity contribution is 5.92. The molecule has 0 spiro atoms. The van der Waals surface area contributed by atoms with E-state index in [1.807, 2.05) is 0 Å². The molecule has 1 rings (SSSR count). The smallest absolute Gasteiger partial charge is 0.0424 e. The van der Waals surface area contributed by atoms with E-state index in [0.29, 0.717) is 17.8 Å². The molecule has 1 nitrogen and oxygen atoms in total. The maximum absolute atomic E-state index is 4.82. The van der Waals surface area contributed by atoms with Crippen molar-refractivity contribution in [1.82, 2.24) is 0 Å². The highest BCUT2D eigenvalue weighted by Gasteiger charge is 2.32. The third-order valence-electron chi connectivity index (χ3n) is 3.21. The number of nitrogens with zero attached hydrogens (tertiary/aromatic N) is 1. The topological polar surface area (TPSA) is 12.4 Å². The molecule has 2 unspecified atom stereocenters. The standard InChI is InChI=1S/C13H23N/c1-7-11-10(6)12(8(2)3)14-13(11)9(4)5/h9-11H,7H2,1-6H3. The van der Waals surface area contributed by atoms with Gasteiger partial charge in [0.1, 0.15) is 0 Å². The lowest BCUT2D eigenvalue weighted by molar-refractivity contribution is 0.511. The van der Waals surface area contributed by atoms with Gasteiger partial charge in [0, 0.05) is 23.2 Å². The fraction of sp³-hybridized carbons (Fsp3) is 0.769. The number of aliphatic imine (C=N–C) groups is 1. The predicted molar refractivity (Wildman–Crippen MR) is 63.6 cm³/mol. The molecule has 1 heteroatoms. The Kier molecular flexibility index (Phi) is 3.52. The first-order valence-electron chi connectivity index (χ1n) is 5.74. The van der Waals surface area contributed by atoms with Crippen LogP contribution in [0.15, 0.2) is 16.3 Å². The van der Waals surface area contributed by atoms with E-state index < -0.39 is 0 Å². The van der Waals surface area contributed by atoms with Gasteiger partial charge in [-0.3, -0.25) is 4.99 Å². The largest absolute Gasteiger partial charge is 0.261 e. The molecule has 0 aromatic rings. The molecule has 0 radical (unpaired) electrons. The summed E-state index contributed by atoms with van der Waals surface area (Å²) in [6, 6.07) is 0. The first-order chi connectivity index (χ1) is 6.49. The van der Waals surface area contributed by atoms with Crippen LogP contribution in [0.5, 0.6) is 0 Å². The van der Waals surface area contributed by atoms with Crippen LogP contribution in [0.1, 0.15) is 48.0 Å². The second-order valence-corrected chi connectivity index (χ2v) is 4.88. The van der Waals surface area contributed by atoms with Crippen molar-refractivity contribution >= 4 is 5.71 Å². The van der Waals surface area contributed by atoms with Gasteiger partial charge in [-0.2, -0.15) is 0 Å². The maximum atomic E-state index is 4.82. The third-order valence-corrected chi connectivity index (χ3v) is 3.21. The van der Waals surface area contributed by atoms with Crippen LogP contribution in [0.3, 0.4) is 0 Å². The Balaban J connectivity index is 3.05. The highest BCUT2D eigenvalue weighted by Crippen LogP contribution is 2.36. The number of rotatable bonds is 2. The molecule has 1 aliphatic heterocycles. The van der Waals surface area contributed by atoms with E-state index in [4.69, 9.17) is 4.99 Å². The molecular formula is C13H23N. The first-order valence-corrected chi connectivity index (χ1v) is 5.74. The Morgan fingerprint density at radius 2 is 1.93 bits per heavy atom. The molecule has 0 aromatic heterocycles. The van der Waals surface area contributed by atoms with E-state index in [9.17, 15) is 0 Å². The lowest BCUT2D eigenvalue weighted by Gasteiger charge is -2.18. The summed E-state index contributed by atoms with van der Waals surface area (Å²) in [7, 11) is 0. The lowest BCUT2D eigenvalue weighted by atomic mass is 9.84. The molecule has 0 saturated carbocycles. The van der Waals surface area contributed by atoms with Crippen molar-refractivity contribution in [2.45, 2.75) is 48.0 Å². The van der Waals surface area contributed by atoms with Crippen LogP contribution in [0.2, 0.25) is 0 Å². The van der Waals surface area contributed by atoms with Crippen LogP contribution in [0.25, 0.3) is 0 Å². The van der Waals surface area contributed by atoms with Crippen molar-refractivity contribution in [3.8, 4) is 0 Å². The molecule has 80 valence electrons. The van der Waals surface area contributed by atoms with E-state index in [2.05, 4.69) is 41.5 Å². The average molecular weight is 193 g/mol. The maximum Gasteiger partial charge on any atom is 0.0424 e. The lowest BCUT2D eigenvalue weighted by Crippen LogP contribution is -2.20. The second kappa shape index (κ2) is 4.29. The van der Waals surface area contributed by atoms with Crippen LogP contribution in [-0.4, -0.2) is 5.71 Å². The van der Waals surface area contributed by atoms with Crippen molar-refractivity contribution in [2.24, 2.45) is 22.7 Å². The molecule has 14 heavy (non-hydrogen) atoms. The van der Waals surface area contributed by atoms with Gasteiger partial charge in [0.25, 0.3) is 0 Å². The molecule has 0 aromatic carbocycles. The van der Waals surface area contributed by atoms with Crippen molar-refractivity contribution in [1.29, 1.82) is 0 Å². The summed E-state index contributed by atoms with van der Waals surface area (Å²) in [6.45, 7) is 13.4. The summed E-state index contributed by atoms with van der Waals surface area (Å²) in [6.07, 6.45) is 1.22. The van der Waals surface area contributed by atoms with E-state index in [1.54, 1.807) is 0 Å². The van der Waals surface area contributed by atoms with E-state index >= 15 is 0 Å². The predicted octanol–water partition coefficient (Wildman–Crippen LogP) is 4.05. The molecule has 1 heterocycles. The monoisotopic (exact) mass is 193 g/mol. The molecule has 0 aliphatic carbocycles. The minimum Gasteiger partial charge on any atom is -0.261 e. The van der Waals surface area contributed by atoms with Crippen LogP contribution >= 0.6 is 0 Å². The Morgan fingerprint density at radius 1 is 1.36 bits per heavy atom. The minimum atomic E-state index is 0.597. The fourth-order valence-electron chi connectivity index (χ4n) is 2.46. The zero-order chi connectivity index (χ0) is 10.9. The SMILES string of the molecule is CCC1C(C(C)C)=NC(=C(C)C)C1C. The molecule has 2 atom stereocenters. The zero-order valence-electron chi connectivity index (χ0n) is 10.4. The minimum absolute atomic E-state index is 0.597. The van der Waals surface area contributed by atoms with Gasteiger partial charge in [-0.05, 0) is 26.2 Å². The summed E-state index contributed by atoms with van der Waals surface area (Å²) in [5, 5.41) is 0. The Labute approximate surface area is 88.3 Å². The van der Waals surface area contributed by atoms with Gasteiger partial charge in [-0.25, -0.2) is 0 Å². The van der Waals surface area contributed by atoms with Gasteiger partial charge in [0.15, 0.2) is 0 Å². The Bertz CT molecular complexity index is 267. The van der Waals surface area contributed by atoms with E-state index in [-0.39, 0.29) is 0 Å². The van der Waals surface area contributed by atoms with Crippen molar-refractivity contribution in [2.75, 3.05) is 0 Å². The van der Waals surface area contributed by atoms with Gasteiger partial charge in [0.05, 0.1) is 0 Å². The fourth-order valence-corrected chi connectivity index (χ4v) is 2.46. The second-order valence-electron chi connectivity index (χ2n) is 4.88. The third kappa shape index (κ3) is 1.92. The summed E-state index contributed by atoms with van der Waals surface area (Å²) < 4.78 is 0. The summed E-state index contributed by atoms with van der Waals surface area (Å²) in [5.41, 5.74) is 4.13. The summed E-state index contributed by atoms with van der Waals surface area (Å²) in [5.74, 6) is 1.90. The van der Waals surface area contributed by atoms with Gasteiger partial charge in [0.2, 0.25) is 0 Å². The number of allylic oxidation sites excluding steroid dienone is 2. The molecule has 0 saturated heterocycles. The van der Waals surface area contributed by atoms with Crippen molar-refractivity contribution < 1.29 is 0 Å². The molecule has 0 N–H and O–H groups in total. The van der Waals surface area contributed by atoms with Gasteiger partial charge >= 0.3 is 0 Å². The van der Waals surface area contributed by atoms with Crippen molar-refractivity contribution in [3.05, 3.63) is 11.3 Å². The van der Waals surface area contributed by atoms with Crippen LogP contribution in [0.4, 0.5) is 0 Å². The average Bonchev–Trinajstić information content (AvgIpc) is 2.42. The van der Waals surface area contributed by atoms with E-state index in [0.717, 1.165) is 0 Å². The van der Waals surface area contributed by atoms with E-state index in [1.165, 1.54) is 23.4 Å². The zero-order valence-corrected chi connectivity index (χ0v) is 10.4. The Morgan fingerprint density at radius 3 is 2.21 bits per heavy atom. The molecule has 0 bridgehead atoms. The quantitative estimate of drug-likeness (QED) is 0.627. The van der Waals surface area contributed by atoms with Gasteiger partial charge in [-0.15, -0.1) is 0 Å². The molecular weight excluding hydrogens is 170 g/mol. The normalized spacial score (nSPS) is 27.1. The van der Waals surface area contributed by atoms with Gasteiger partial charge in [-0.1, -0.05) is 33.3 Å². The molecule has 0 amide bonds. The Hall–Kier alpha value is -0.590. The first kappa shape index (κ1) is 11.5. The van der Waals surface area contributed by atoms with Crippen molar-refractivity contribution in [3.63, 3.8) is 0 Å². The van der Waals surface area contributed by atoms with Crippen LogP contribution < -0.4 is 0 Å². The van der Waals surface area contributed by atoms with Crippen LogP contribution in [0, 0.1) is 17.8 Å². The number of hydrogen-bond acceptors (Lipinski definition) is 1. The highest BCUT2D eigenvalue weighted by atomic mass is 14.8. The molecule has 0 fully saturated rings. The summed E-state index contributed by atoms with van der Waals surface area (Å²) in [4.78, 5) is 4.82. The molecule has 1 aliphatic rings. The van der Waals surface area contributed by atoms with Gasteiger partial charge < -0.3 is 0 Å². The summed E-state index contributed by atoms with van der Waals surface area (Å²) >= 11 is 0. The van der Waals surface area contributed by atoms with Crippen LogP contribution in [-0.2, 0) is 0 Å².